The van der Waals surface area contributed by atoms with Crippen molar-refractivity contribution < 1.29 is 4.79 Å². The summed E-state index contributed by atoms with van der Waals surface area (Å²) >= 11 is 0. The van der Waals surface area contributed by atoms with Crippen LogP contribution in [0.1, 0.15) is 25.7 Å². The Bertz CT molecular complexity index is 1100. The van der Waals surface area contributed by atoms with Gasteiger partial charge >= 0.3 is 5.69 Å². The van der Waals surface area contributed by atoms with Crippen molar-refractivity contribution in [2.75, 3.05) is 5.32 Å². The first-order valence-electron chi connectivity index (χ1n) is 9.54. The molecule has 7 heteroatoms. The van der Waals surface area contributed by atoms with Gasteiger partial charge in [-0.05, 0) is 55.9 Å². The van der Waals surface area contributed by atoms with E-state index in [0.717, 1.165) is 25.7 Å². The lowest BCUT2D eigenvalue weighted by molar-refractivity contribution is -0.121. The largest absolute Gasteiger partial charge is 0.328 e. The minimum atomic E-state index is -0.375. The highest BCUT2D eigenvalue weighted by molar-refractivity contribution is 5.92. The summed E-state index contributed by atoms with van der Waals surface area (Å²) in [5.74, 6) is 0.164. The molecule has 7 nitrogen and oxygen atoms in total. The third-order valence-corrected chi connectivity index (χ3v) is 5.48. The highest BCUT2D eigenvalue weighted by atomic mass is 16.2. The highest BCUT2D eigenvalue weighted by Gasteiger charge is 2.27. The maximum absolute atomic E-state index is 12.7. The van der Waals surface area contributed by atoms with E-state index in [4.69, 9.17) is 0 Å². The van der Waals surface area contributed by atoms with Crippen molar-refractivity contribution in [2.24, 2.45) is 11.8 Å². The second kappa shape index (κ2) is 7.80. The van der Waals surface area contributed by atoms with Crippen molar-refractivity contribution in [3.05, 3.63) is 69.6 Å². The van der Waals surface area contributed by atoms with Crippen LogP contribution in [-0.4, -0.2) is 20.4 Å². The van der Waals surface area contributed by atoms with Crippen molar-refractivity contribution in [1.29, 1.82) is 0 Å². The van der Waals surface area contributed by atoms with Gasteiger partial charge in [0.2, 0.25) is 5.91 Å². The molecule has 1 amide bonds. The van der Waals surface area contributed by atoms with Gasteiger partial charge < -0.3 is 10.3 Å². The molecular weight excluding hydrogens is 356 g/mol. The predicted octanol–water partition coefficient (Wildman–Crippen LogP) is 2.53. The van der Waals surface area contributed by atoms with Gasteiger partial charge in [0.1, 0.15) is 0 Å². The third-order valence-electron chi connectivity index (χ3n) is 5.48. The maximum Gasteiger partial charge on any atom is 0.328 e. The number of benzene rings is 1. The van der Waals surface area contributed by atoms with Crippen LogP contribution in [-0.2, 0) is 11.3 Å². The van der Waals surface area contributed by atoms with Gasteiger partial charge in [0, 0.05) is 18.7 Å². The molecule has 0 atom stereocenters. The van der Waals surface area contributed by atoms with Crippen LogP contribution in [0.4, 0.5) is 5.69 Å². The van der Waals surface area contributed by atoms with Crippen LogP contribution >= 0.6 is 0 Å². The lowest BCUT2D eigenvalue weighted by Crippen LogP contribution is -2.38. The Hall–Kier alpha value is -3.22. The van der Waals surface area contributed by atoms with Gasteiger partial charge in [0.15, 0.2) is 0 Å². The number of amides is 1. The SMILES string of the molecule is O=C(Nc1cccnc1)C1CCC(Cn2c(=O)[nH]c3ccccc3c2=O)CC1. The molecule has 0 unspecified atom stereocenters. The lowest BCUT2D eigenvalue weighted by atomic mass is 9.81. The second-order valence-electron chi connectivity index (χ2n) is 7.34. The first-order valence-corrected chi connectivity index (χ1v) is 9.54. The Labute approximate surface area is 161 Å². The number of hydrogen-bond donors (Lipinski definition) is 2. The molecule has 28 heavy (non-hydrogen) atoms. The molecule has 0 aliphatic heterocycles. The molecule has 2 N–H and O–H groups in total. The molecule has 1 saturated carbocycles. The van der Waals surface area contributed by atoms with Crippen LogP contribution in [0.25, 0.3) is 10.9 Å². The number of rotatable bonds is 4. The summed E-state index contributed by atoms with van der Waals surface area (Å²) < 4.78 is 1.29. The minimum absolute atomic E-state index is 0.00664. The molecule has 1 aromatic carbocycles. The number of nitrogens with one attached hydrogen (secondary N) is 2. The third kappa shape index (κ3) is 3.74. The van der Waals surface area contributed by atoms with Gasteiger partial charge in [-0.3, -0.25) is 19.1 Å². The summed E-state index contributed by atoms with van der Waals surface area (Å²) in [4.78, 5) is 44.2. The van der Waals surface area contributed by atoms with Crippen molar-refractivity contribution in [3.63, 3.8) is 0 Å². The molecule has 1 fully saturated rings. The number of H-pyrrole nitrogens is 1. The monoisotopic (exact) mass is 378 g/mol. The van der Waals surface area contributed by atoms with Gasteiger partial charge in [-0.2, -0.15) is 0 Å². The number of fused-ring (bicyclic) bond motifs is 1. The van der Waals surface area contributed by atoms with E-state index >= 15 is 0 Å². The van der Waals surface area contributed by atoms with Crippen molar-refractivity contribution in [1.82, 2.24) is 14.5 Å². The highest BCUT2D eigenvalue weighted by Crippen LogP contribution is 2.30. The first kappa shape index (κ1) is 18.2. The molecule has 0 spiro atoms. The summed E-state index contributed by atoms with van der Waals surface area (Å²) in [5, 5.41) is 3.42. The topological polar surface area (TPSA) is 96.8 Å². The van der Waals surface area contributed by atoms with E-state index in [1.54, 1.807) is 42.7 Å². The van der Waals surface area contributed by atoms with Gasteiger partial charge in [-0.15, -0.1) is 0 Å². The van der Waals surface area contributed by atoms with Gasteiger partial charge in [0.25, 0.3) is 5.56 Å². The predicted molar refractivity (Wildman–Crippen MR) is 107 cm³/mol. The molecule has 144 valence electrons. The summed E-state index contributed by atoms with van der Waals surface area (Å²) in [6.07, 6.45) is 6.40. The van der Waals surface area contributed by atoms with E-state index in [1.807, 2.05) is 6.07 Å². The number of aromatic nitrogens is 3. The molecule has 3 aromatic rings. The van der Waals surface area contributed by atoms with Gasteiger partial charge in [-0.25, -0.2) is 4.79 Å². The normalized spacial score (nSPS) is 19.4. The maximum atomic E-state index is 12.7. The smallest absolute Gasteiger partial charge is 0.324 e. The molecule has 0 saturated heterocycles. The van der Waals surface area contributed by atoms with E-state index in [9.17, 15) is 14.4 Å². The molecular formula is C21H22N4O3. The fraction of sp³-hybridized carbons (Fsp3) is 0.333. The van der Waals surface area contributed by atoms with E-state index in [2.05, 4.69) is 15.3 Å². The fourth-order valence-corrected chi connectivity index (χ4v) is 3.91. The van der Waals surface area contributed by atoms with Crippen LogP contribution in [0.3, 0.4) is 0 Å². The Morgan fingerprint density at radius 3 is 2.64 bits per heavy atom. The van der Waals surface area contributed by atoms with Crippen LogP contribution in [0, 0.1) is 11.8 Å². The number of para-hydroxylation sites is 1. The molecule has 2 aromatic heterocycles. The van der Waals surface area contributed by atoms with Gasteiger partial charge in [0.05, 0.1) is 22.8 Å². The van der Waals surface area contributed by atoms with Crippen molar-refractivity contribution in [3.8, 4) is 0 Å². The zero-order valence-electron chi connectivity index (χ0n) is 15.4. The van der Waals surface area contributed by atoms with Crippen molar-refractivity contribution >= 4 is 22.5 Å². The Morgan fingerprint density at radius 1 is 1.11 bits per heavy atom. The minimum Gasteiger partial charge on any atom is -0.324 e. The molecule has 0 bridgehead atoms. The first-order chi connectivity index (χ1) is 13.6. The standard InChI is InChI=1S/C21H22N4O3/c26-19(23-16-4-3-11-22-12-16)15-9-7-14(8-10-15)13-25-20(27)17-5-1-2-6-18(17)24-21(25)28/h1-6,11-12,14-15H,7-10,13H2,(H,23,26)(H,24,28). The molecule has 4 rings (SSSR count). The lowest BCUT2D eigenvalue weighted by Gasteiger charge is -2.28. The van der Waals surface area contributed by atoms with Crippen LogP contribution in [0.5, 0.6) is 0 Å². The Balaban J connectivity index is 1.41. The number of carbonyl (C=O) groups is 1. The molecule has 1 aliphatic rings. The zero-order valence-corrected chi connectivity index (χ0v) is 15.4. The van der Waals surface area contributed by atoms with E-state index < -0.39 is 0 Å². The Morgan fingerprint density at radius 2 is 1.89 bits per heavy atom. The molecule has 2 heterocycles. The van der Waals surface area contributed by atoms with E-state index in [1.165, 1.54) is 4.57 Å². The summed E-state index contributed by atoms with van der Waals surface area (Å²) in [7, 11) is 0. The second-order valence-corrected chi connectivity index (χ2v) is 7.34. The molecule has 1 aliphatic carbocycles. The van der Waals surface area contributed by atoms with E-state index in [0.29, 0.717) is 23.1 Å². The van der Waals surface area contributed by atoms with Crippen LogP contribution in [0.2, 0.25) is 0 Å². The summed E-state index contributed by atoms with van der Waals surface area (Å²) in [6.45, 7) is 0.385. The fourth-order valence-electron chi connectivity index (χ4n) is 3.91. The van der Waals surface area contributed by atoms with Crippen LogP contribution in [0.15, 0.2) is 58.4 Å². The van der Waals surface area contributed by atoms with Crippen molar-refractivity contribution in [2.45, 2.75) is 32.2 Å². The molecule has 0 radical (unpaired) electrons. The number of pyridine rings is 1. The number of nitrogens with zero attached hydrogens (tertiary/aromatic N) is 2. The number of aromatic amines is 1. The average molecular weight is 378 g/mol. The summed E-state index contributed by atoms with van der Waals surface area (Å²) in [6, 6.07) is 10.6. The zero-order chi connectivity index (χ0) is 19.5. The summed E-state index contributed by atoms with van der Waals surface area (Å²) in [5.41, 5.74) is 0.629. The van der Waals surface area contributed by atoms with Crippen LogP contribution < -0.4 is 16.6 Å². The quantitative estimate of drug-likeness (QED) is 0.729. The Kier molecular flexibility index (Phi) is 5.06. The van der Waals surface area contributed by atoms with E-state index in [-0.39, 0.29) is 29.0 Å². The number of carbonyl (C=O) groups excluding carboxylic acids is 1. The number of anilines is 1. The van der Waals surface area contributed by atoms with Gasteiger partial charge in [-0.1, -0.05) is 12.1 Å². The average Bonchev–Trinajstić information content (AvgIpc) is 2.72. The number of hydrogen-bond acceptors (Lipinski definition) is 4.